The van der Waals surface area contributed by atoms with E-state index in [1.54, 1.807) is 32.6 Å². The second kappa shape index (κ2) is 7.94. The Kier molecular flexibility index (Phi) is 6.54. The minimum atomic E-state index is -0.568. The van der Waals surface area contributed by atoms with Gasteiger partial charge in [0.05, 0.1) is 13.2 Å². The van der Waals surface area contributed by atoms with Gasteiger partial charge in [-0.15, -0.1) is 0 Å². The molecule has 0 saturated carbocycles. The van der Waals surface area contributed by atoms with Crippen LogP contribution in [0.2, 0.25) is 0 Å². The highest BCUT2D eigenvalue weighted by molar-refractivity contribution is 6.06. The molecule has 0 radical (unpaired) electrons. The fraction of sp³-hybridized carbons (Fsp3) is 0.588. The zero-order chi connectivity index (χ0) is 17.7. The van der Waals surface area contributed by atoms with Gasteiger partial charge in [-0.1, -0.05) is 13.8 Å². The molecule has 0 aliphatic rings. The molecule has 0 spiro atoms. The number of H-pyrrole nitrogens is 1. The number of carbonyl (C=O) groups is 3. The molecule has 0 aromatic carbocycles. The number of nitrogens with one attached hydrogen (secondary N) is 1. The average molecular weight is 322 g/mol. The summed E-state index contributed by atoms with van der Waals surface area (Å²) in [5.41, 5.74) is 1.92. The lowest BCUT2D eigenvalue weighted by Gasteiger charge is -2.28. The summed E-state index contributed by atoms with van der Waals surface area (Å²) in [5, 5.41) is 0. The predicted octanol–water partition coefficient (Wildman–Crippen LogP) is 2.64. The van der Waals surface area contributed by atoms with E-state index in [4.69, 9.17) is 4.74 Å². The fourth-order valence-electron chi connectivity index (χ4n) is 2.75. The first-order valence-corrected chi connectivity index (χ1v) is 7.91. The molecule has 128 valence electrons. The van der Waals surface area contributed by atoms with Crippen molar-refractivity contribution < 1.29 is 19.1 Å². The molecule has 0 unspecified atom stereocenters. The molecule has 0 saturated heterocycles. The molecule has 0 aliphatic carbocycles. The number of ketones is 1. The molecule has 0 bridgehead atoms. The lowest BCUT2D eigenvalue weighted by Crippen LogP contribution is -2.43. The van der Waals surface area contributed by atoms with Gasteiger partial charge in [-0.2, -0.15) is 0 Å². The van der Waals surface area contributed by atoms with E-state index in [0.29, 0.717) is 29.8 Å². The van der Waals surface area contributed by atoms with Crippen LogP contribution in [-0.2, 0) is 9.53 Å². The van der Waals surface area contributed by atoms with E-state index in [1.165, 1.54) is 7.11 Å². The van der Waals surface area contributed by atoms with Crippen LogP contribution >= 0.6 is 0 Å². The smallest absolute Gasteiger partial charge is 0.354 e. The quantitative estimate of drug-likeness (QED) is 0.618. The second-order valence-corrected chi connectivity index (χ2v) is 5.60. The largest absolute Gasteiger partial charge is 0.464 e. The van der Waals surface area contributed by atoms with Gasteiger partial charge in [0, 0.05) is 24.2 Å². The van der Waals surface area contributed by atoms with Crippen molar-refractivity contribution in [2.24, 2.45) is 0 Å². The topological polar surface area (TPSA) is 79.5 Å². The molecule has 6 nitrogen and oxygen atoms in total. The van der Waals surface area contributed by atoms with Crippen molar-refractivity contribution >= 4 is 17.7 Å². The number of Topliss-reactive ketones (excluding diaryl/α,β-unsaturated/α-hetero) is 1. The molecule has 1 rings (SSSR count). The maximum Gasteiger partial charge on any atom is 0.354 e. The molecule has 1 N–H and O–H groups in total. The van der Waals surface area contributed by atoms with Gasteiger partial charge in [0.2, 0.25) is 5.91 Å². The third-order valence-electron chi connectivity index (χ3n) is 4.01. The minimum Gasteiger partial charge on any atom is -0.464 e. The third kappa shape index (κ3) is 3.81. The first kappa shape index (κ1) is 18.9. The number of nitrogens with zero attached hydrogens (tertiary/aromatic N) is 1. The normalized spacial score (nSPS) is 11.9. The van der Waals surface area contributed by atoms with E-state index in [1.807, 2.05) is 6.92 Å². The lowest BCUT2D eigenvalue weighted by atomic mass is 9.99. The van der Waals surface area contributed by atoms with Crippen LogP contribution in [0.4, 0.5) is 0 Å². The summed E-state index contributed by atoms with van der Waals surface area (Å²) in [4.78, 5) is 41.3. The number of methoxy groups -OCH3 is 1. The fourth-order valence-corrected chi connectivity index (χ4v) is 2.75. The number of aromatic nitrogens is 1. The van der Waals surface area contributed by atoms with Crippen molar-refractivity contribution in [3.05, 3.63) is 22.5 Å². The molecule has 1 amide bonds. The maximum absolute atomic E-state index is 12.9. The second-order valence-electron chi connectivity index (χ2n) is 5.60. The van der Waals surface area contributed by atoms with Crippen molar-refractivity contribution in [2.45, 2.75) is 53.5 Å². The minimum absolute atomic E-state index is 0.0493. The molecule has 1 atom stereocenters. The third-order valence-corrected chi connectivity index (χ3v) is 4.01. The maximum atomic E-state index is 12.9. The summed E-state index contributed by atoms with van der Waals surface area (Å²) in [6.45, 7) is 9.47. The lowest BCUT2D eigenvalue weighted by molar-refractivity contribution is -0.132. The Bertz CT molecular complexity index is 604. The number of rotatable bonds is 7. The zero-order valence-electron chi connectivity index (χ0n) is 14.8. The molecular weight excluding hydrogens is 296 g/mol. The van der Waals surface area contributed by atoms with E-state index < -0.39 is 12.0 Å². The van der Waals surface area contributed by atoms with E-state index in [0.717, 1.165) is 6.42 Å². The van der Waals surface area contributed by atoms with E-state index in [-0.39, 0.29) is 17.4 Å². The Hall–Kier alpha value is -2.11. The van der Waals surface area contributed by atoms with Crippen LogP contribution in [-0.4, -0.2) is 47.2 Å². The van der Waals surface area contributed by atoms with Crippen LogP contribution < -0.4 is 0 Å². The van der Waals surface area contributed by atoms with Gasteiger partial charge < -0.3 is 14.6 Å². The first-order valence-electron chi connectivity index (χ1n) is 7.91. The van der Waals surface area contributed by atoms with Gasteiger partial charge in [-0.25, -0.2) is 4.79 Å². The van der Waals surface area contributed by atoms with E-state index >= 15 is 0 Å². The van der Waals surface area contributed by atoms with Crippen LogP contribution in [0.15, 0.2) is 0 Å². The van der Waals surface area contributed by atoms with Gasteiger partial charge >= 0.3 is 5.97 Å². The molecule has 1 aromatic heterocycles. The van der Waals surface area contributed by atoms with Crippen LogP contribution in [0.3, 0.4) is 0 Å². The number of ether oxygens (including phenoxy) is 1. The van der Waals surface area contributed by atoms with Crippen LogP contribution in [0.1, 0.15) is 65.7 Å². The van der Waals surface area contributed by atoms with Gasteiger partial charge in [-0.05, 0) is 32.8 Å². The Morgan fingerprint density at radius 2 is 1.83 bits per heavy atom. The molecule has 1 aromatic rings. The van der Waals surface area contributed by atoms with Crippen molar-refractivity contribution in [3.63, 3.8) is 0 Å². The number of hydrogen-bond donors (Lipinski definition) is 1. The average Bonchev–Trinajstić information content (AvgIpc) is 2.84. The first-order chi connectivity index (χ1) is 10.8. The molecule has 23 heavy (non-hydrogen) atoms. The highest BCUT2D eigenvalue weighted by atomic mass is 16.5. The van der Waals surface area contributed by atoms with Gasteiger partial charge in [-0.3, -0.25) is 9.59 Å². The summed E-state index contributed by atoms with van der Waals surface area (Å²) in [7, 11) is 1.30. The van der Waals surface area contributed by atoms with E-state index in [9.17, 15) is 14.4 Å². The van der Waals surface area contributed by atoms with Crippen molar-refractivity contribution in [2.75, 3.05) is 13.7 Å². The molecular formula is C17H26N2O4. The van der Waals surface area contributed by atoms with Crippen molar-refractivity contribution in [1.29, 1.82) is 0 Å². The standard InChI is InChI=1S/C17H26N2O4/c1-7-9-19(13(20)8-2)12(5)16(21)14-10(3)15(17(22)23-6)18-11(14)4/h12,18H,7-9H2,1-6H3/t12-/m1/s1. The van der Waals surface area contributed by atoms with Gasteiger partial charge in [0.25, 0.3) is 0 Å². The van der Waals surface area contributed by atoms with E-state index in [2.05, 4.69) is 4.98 Å². The van der Waals surface area contributed by atoms with Crippen LogP contribution in [0.25, 0.3) is 0 Å². The number of carbonyl (C=O) groups excluding carboxylic acids is 3. The highest BCUT2D eigenvalue weighted by Crippen LogP contribution is 2.22. The summed E-state index contributed by atoms with van der Waals surface area (Å²) >= 11 is 0. The Morgan fingerprint density at radius 3 is 2.30 bits per heavy atom. The summed E-state index contributed by atoms with van der Waals surface area (Å²) < 4.78 is 4.72. The summed E-state index contributed by atoms with van der Waals surface area (Å²) in [6, 6.07) is -0.568. The van der Waals surface area contributed by atoms with Crippen molar-refractivity contribution in [1.82, 2.24) is 9.88 Å². The zero-order valence-corrected chi connectivity index (χ0v) is 14.8. The Labute approximate surface area is 137 Å². The molecule has 1 heterocycles. The Balaban J connectivity index is 3.20. The van der Waals surface area contributed by atoms with Gasteiger partial charge in [0.1, 0.15) is 5.69 Å². The number of hydrogen-bond acceptors (Lipinski definition) is 4. The Morgan fingerprint density at radius 1 is 1.22 bits per heavy atom. The summed E-state index contributed by atoms with van der Waals surface area (Å²) in [5.74, 6) is -0.722. The monoisotopic (exact) mass is 322 g/mol. The van der Waals surface area contributed by atoms with Crippen LogP contribution in [0, 0.1) is 13.8 Å². The number of esters is 1. The van der Waals surface area contributed by atoms with Crippen molar-refractivity contribution in [3.8, 4) is 0 Å². The molecule has 0 fully saturated rings. The van der Waals surface area contributed by atoms with Crippen LogP contribution in [0.5, 0.6) is 0 Å². The predicted molar refractivity (Wildman–Crippen MR) is 87.7 cm³/mol. The van der Waals surface area contributed by atoms with Gasteiger partial charge in [0.15, 0.2) is 5.78 Å². The number of amides is 1. The number of aryl methyl sites for hydroxylation is 1. The SMILES string of the molecule is CCCN(C(=O)CC)[C@H](C)C(=O)c1c(C)[nH]c(C(=O)OC)c1C. The number of aromatic amines is 1. The highest BCUT2D eigenvalue weighted by Gasteiger charge is 2.30. The molecule has 0 aliphatic heterocycles. The molecule has 6 heteroatoms. The summed E-state index contributed by atoms with van der Waals surface area (Å²) in [6.07, 6.45) is 1.14.